The Labute approximate surface area is 107 Å². The van der Waals surface area contributed by atoms with Gasteiger partial charge in [0, 0.05) is 5.33 Å². The van der Waals surface area contributed by atoms with Crippen molar-refractivity contribution in [2.24, 2.45) is 0 Å². The van der Waals surface area contributed by atoms with Gasteiger partial charge in [-0.1, -0.05) is 28.9 Å². The Morgan fingerprint density at radius 2 is 1.94 bits per heavy atom. The number of aryl methyl sites for hydroxylation is 3. The summed E-state index contributed by atoms with van der Waals surface area (Å²) in [4.78, 5) is 0. The third-order valence-corrected chi connectivity index (χ3v) is 3.24. The zero-order chi connectivity index (χ0) is 12.0. The van der Waals surface area contributed by atoms with Crippen LogP contribution in [0.1, 0.15) is 36.5 Å². The van der Waals surface area contributed by atoms with Crippen molar-refractivity contribution < 1.29 is 4.74 Å². The third-order valence-electron chi connectivity index (χ3n) is 2.67. The van der Waals surface area contributed by atoms with E-state index in [1.807, 2.05) is 0 Å². The van der Waals surface area contributed by atoms with Crippen molar-refractivity contribution in [3.8, 4) is 5.75 Å². The molecular weight excluding hydrogens is 264 g/mol. The zero-order valence-corrected chi connectivity index (χ0v) is 12.1. The molecule has 1 rings (SSSR count). The predicted molar refractivity (Wildman–Crippen MR) is 73.8 cm³/mol. The Balaban J connectivity index is 2.79. The molecule has 0 radical (unpaired) electrons. The van der Waals surface area contributed by atoms with E-state index in [-0.39, 0.29) is 0 Å². The first-order chi connectivity index (χ1) is 7.69. The normalized spacial score (nSPS) is 10.5. The van der Waals surface area contributed by atoms with Gasteiger partial charge in [0.2, 0.25) is 0 Å². The lowest BCUT2D eigenvalue weighted by atomic mass is 10.0. The molecule has 0 atom stereocenters. The number of hydrogen-bond donors (Lipinski definition) is 0. The van der Waals surface area contributed by atoms with Crippen molar-refractivity contribution in [3.05, 3.63) is 28.8 Å². The Morgan fingerprint density at radius 3 is 2.56 bits per heavy atom. The van der Waals surface area contributed by atoms with Gasteiger partial charge in [-0.05, 0) is 55.9 Å². The Morgan fingerprint density at radius 1 is 1.19 bits per heavy atom. The Hall–Kier alpha value is -0.500. The molecule has 0 fully saturated rings. The van der Waals surface area contributed by atoms with Crippen LogP contribution in [-0.2, 0) is 6.42 Å². The van der Waals surface area contributed by atoms with Crippen molar-refractivity contribution in [3.63, 3.8) is 0 Å². The van der Waals surface area contributed by atoms with Gasteiger partial charge in [0.1, 0.15) is 5.75 Å². The van der Waals surface area contributed by atoms with Crippen molar-refractivity contribution in [2.45, 2.75) is 40.0 Å². The fraction of sp³-hybridized carbons (Fsp3) is 0.571. The van der Waals surface area contributed by atoms with Crippen LogP contribution in [0.5, 0.6) is 5.75 Å². The lowest BCUT2D eigenvalue weighted by Gasteiger charge is -2.12. The first-order valence-corrected chi connectivity index (χ1v) is 7.10. The first kappa shape index (κ1) is 13.6. The van der Waals surface area contributed by atoms with E-state index >= 15 is 0 Å². The van der Waals surface area contributed by atoms with Gasteiger partial charge in [-0.25, -0.2) is 0 Å². The molecule has 2 heteroatoms. The smallest absolute Gasteiger partial charge is 0.122 e. The molecule has 0 amide bonds. The predicted octanol–water partition coefficient (Wildman–Crippen LogP) is 4.42. The van der Waals surface area contributed by atoms with Crippen LogP contribution in [0.3, 0.4) is 0 Å². The summed E-state index contributed by atoms with van der Waals surface area (Å²) < 4.78 is 5.72. The molecule has 0 saturated carbocycles. The largest absolute Gasteiger partial charge is 0.493 e. The van der Waals surface area contributed by atoms with Gasteiger partial charge in [0.25, 0.3) is 0 Å². The molecule has 0 heterocycles. The monoisotopic (exact) mass is 284 g/mol. The molecule has 0 saturated heterocycles. The standard InChI is InChI=1S/C14H21BrO/c1-4-8-16-14-10-11(2)13(6-5-7-15)9-12(14)3/h9-10H,4-8H2,1-3H3. The van der Waals surface area contributed by atoms with Crippen LogP contribution in [0.4, 0.5) is 0 Å². The van der Waals surface area contributed by atoms with Gasteiger partial charge in [-0.15, -0.1) is 0 Å². The summed E-state index contributed by atoms with van der Waals surface area (Å²) in [6.45, 7) is 7.23. The minimum Gasteiger partial charge on any atom is -0.493 e. The van der Waals surface area contributed by atoms with Gasteiger partial charge in [0.05, 0.1) is 6.61 Å². The molecule has 1 nitrogen and oxygen atoms in total. The second kappa shape index (κ2) is 6.95. The van der Waals surface area contributed by atoms with E-state index in [2.05, 4.69) is 48.8 Å². The average Bonchev–Trinajstić information content (AvgIpc) is 2.28. The number of alkyl halides is 1. The second-order valence-corrected chi connectivity index (χ2v) is 4.98. The number of hydrogen-bond acceptors (Lipinski definition) is 1. The summed E-state index contributed by atoms with van der Waals surface area (Å²) in [7, 11) is 0. The summed E-state index contributed by atoms with van der Waals surface area (Å²) >= 11 is 3.47. The first-order valence-electron chi connectivity index (χ1n) is 5.98. The van der Waals surface area contributed by atoms with E-state index in [9.17, 15) is 0 Å². The molecule has 0 spiro atoms. The number of rotatable bonds is 6. The van der Waals surface area contributed by atoms with Crippen LogP contribution in [0.25, 0.3) is 0 Å². The molecule has 90 valence electrons. The van der Waals surface area contributed by atoms with Crippen LogP contribution in [-0.4, -0.2) is 11.9 Å². The average molecular weight is 285 g/mol. The minimum atomic E-state index is 0.807. The summed E-state index contributed by atoms with van der Waals surface area (Å²) in [5.41, 5.74) is 4.04. The van der Waals surface area contributed by atoms with Crippen molar-refractivity contribution in [2.75, 3.05) is 11.9 Å². The minimum absolute atomic E-state index is 0.807. The van der Waals surface area contributed by atoms with Gasteiger partial charge in [-0.2, -0.15) is 0 Å². The number of benzene rings is 1. The van der Waals surface area contributed by atoms with E-state index in [0.29, 0.717) is 0 Å². The third kappa shape index (κ3) is 3.82. The van der Waals surface area contributed by atoms with E-state index < -0.39 is 0 Å². The molecule has 16 heavy (non-hydrogen) atoms. The molecular formula is C14H21BrO. The highest BCUT2D eigenvalue weighted by atomic mass is 79.9. The van der Waals surface area contributed by atoms with Crippen molar-refractivity contribution in [1.82, 2.24) is 0 Å². The highest BCUT2D eigenvalue weighted by molar-refractivity contribution is 9.09. The van der Waals surface area contributed by atoms with Gasteiger partial charge < -0.3 is 4.74 Å². The molecule has 1 aromatic carbocycles. The molecule has 0 aromatic heterocycles. The maximum atomic E-state index is 5.72. The van der Waals surface area contributed by atoms with E-state index in [1.165, 1.54) is 23.1 Å². The van der Waals surface area contributed by atoms with Crippen molar-refractivity contribution >= 4 is 15.9 Å². The molecule has 0 aliphatic rings. The lowest BCUT2D eigenvalue weighted by Crippen LogP contribution is -2.00. The van der Waals surface area contributed by atoms with Crippen LogP contribution in [0.2, 0.25) is 0 Å². The van der Waals surface area contributed by atoms with E-state index in [4.69, 9.17) is 4.74 Å². The molecule has 0 aliphatic heterocycles. The van der Waals surface area contributed by atoms with E-state index in [0.717, 1.165) is 30.5 Å². The van der Waals surface area contributed by atoms with Crippen LogP contribution < -0.4 is 4.74 Å². The molecule has 0 unspecified atom stereocenters. The van der Waals surface area contributed by atoms with E-state index in [1.54, 1.807) is 0 Å². The highest BCUT2D eigenvalue weighted by Crippen LogP contribution is 2.24. The summed E-state index contributed by atoms with van der Waals surface area (Å²) in [5, 5.41) is 1.07. The zero-order valence-electron chi connectivity index (χ0n) is 10.5. The lowest BCUT2D eigenvalue weighted by molar-refractivity contribution is 0.315. The fourth-order valence-corrected chi connectivity index (χ4v) is 2.02. The fourth-order valence-electron chi connectivity index (χ4n) is 1.74. The highest BCUT2D eigenvalue weighted by Gasteiger charge is 2.05. The SMILES string of the molecule is CCCOc1cc(C)c(CCCBr)cc1C. The number of ether oxygens (including phenoxy) is 1. The van der Waals surface area contributed by atoms with Crippen LogP contribution in [0.15, 0.2) is 12.1 Å². The van der Waals surface area contributed by atoms with Gasteiger partial charge in [-0.3, -0.25) is 0 Å². The summed E-state index contributed by atoms with van der Waals surface area (Å²) in [6.07, 6.45) is 3.39. The van der Waals surface area contributed by atoms with Crippen LogP contribution >= 0.6 is 15.9 Å². The Bertz CT molecular complexity index is 300. The second-order valence-electron chi connectivity index (χ2n) is 4.19. The number of halogens is 1. The maximum absolute atomic E-state index is 5.72. The Kier molecular flexibility index (Phi) is 5.89. The summed E-state index contributed by atoms with van der Waals surface area (Å²) in [6, 6.07) is 4.44. The summed E-state index contributed by atoms with van der Waals surface area (Å²) in [5.74, 6) is 1.04. The molecule has 0 aliphatic carbocycles. The maximum Gasteiger partial charge on any atom is 0.122 e. The molecule has 1 aromatic rings. The van der Waals surface area contributed by atoms with Gasteiger partial charge >= 0.3 is 0 Å². The molecule has 0 N–H and O–H groups in total. The topological polar surface area (TPSA) is 9.23 Å². The van der Waals surface area contributed by atoms with Gasteiger partial charge in [0.15, 0.2) is 0 Å². The van der Waals surface area contributed by atoms with Crippen LogP contribution in [0, 0.1) is 13.8 Å². The quantitative estimate of drug-likeness (QED) is 0.703. The van der Waals surface area contributed by atoms with Crippen molar-refractivity contribution in [1.29, 1.82) is 0 Å². The molecule has 0 bridgehead atoms.